The first-order valence-corrected chi connectivity index (χ1v) is 49.5. The van der Waals surface area contributed by atoms with Crippen LogP contribution in [0.25, 0.3) is 0 Å². The molecule has 3 N–H and O–H groups in total. The zero-order valence-corrected chi connectivity index (χ0v) is 78.5. The maximum atomic E-state index is 11.3. The summed E-state index contributed by atoms with van der Waals surface area (Å²) in [5.41, 5.74) is 9.97. The normalized spacial score (nSPS) is 14.5. The van der Waals surface area contributed by atoms with Crippen LogP contribution in [0.2, 0.25) is 0 Å². The summed E-state index contributed by atoms with van der Waals surface area (Å²) in [4.78, 5) is 57.8. The van der Waals surface area contributed by atoms with Crippen molar-refractivity contribution in [1.29, 1.82) is 0 Å². The van der Waals surface area contributed by atoms with Gasteiger partial charge in [-0.3, -0.25) is 17.9 Å². The van der Waals surface area contributed by atoms with E-state index in [0.29, 0.717) is 0 Å². The number of rotatable bonds is 64. The van der Waals surface area contributed by atoms with Gasteiger partial charge in [0.2, 0.25) is 0 Å². The minimum atomic E-state index is -5.58. The number of nitrogens with zero attached hydrogens (tertiary/aromatic N) is 3. The number of hydrogen-bond donors (Lipinski definition) is 3. The summed E-state index contributed by atoms with van der Waals surface area (Å²) >= 11 is 0. The van der Waals surface area contributed by atoms with Crippen LogP contribution in [-0.2, 0) is 35.9 Å². The van der Waals surface area contributed by atoms with Gasteiger partial charge in [-0.2, -0.15) is 0 Å². The van der Waals surface area contributed by atoms with Crippen LogP contribution in [0.15, 0.2) is 93.2 Å². The van der Waals surface area contributed by atoms with E-state index in [0.717, 1.165) is 88.2 Å². The number of quaternary nitrogens is 3. The quantitative estimate of drug-likeness (QED) is 0.0292. The molecule has 0 radical (unpaired) electrons. The van der Waals surface area contributed by atoms with E-state index in [9.17, 15) is 32.9 Å². The van der Waals surface area contributed by atoms with Crippen molar-refractivity contribution in [3.63, 3.8) is 0 Å². The summed E-state index contributed by atoms with van der Waals surface area (Å²) in [7, 11) is -20.6. The lowest BCUT2D eigenvalue weighted by Crippen LogP contribution is -2.50. The van der Waals surface area contributed by atoms with E-state index < -0.39 is 31.3 Å². The summed E-state index contributed by atoms with van der Waals surface area (Å²) in [5, 5.41) is 0. The number of phosphoric acid groups is 4. The number of phosphoric ester groups is 2. The third kappa shape index (κ3) is 79.9. The number of allylic oxidation sites excluding steroid dienone is 14. The van der Waals surface area contributed by atoms with Gasteiger partial charge in [0.1, 0.15) is 0 Å². The molecule has 0 amide bonds. The van der Waals surface area contributed by atoms with Gasteiger partial charge in [0.05, 0.1) is 99.6 Å². The van der Waals surface area contributed by atoms with Gasteiger partial charge in [0.25, 0.3) is 7.82 Å². The van der Waals surface area contributed by atoms with E-state index in [4.69, 9.17) is 14.7 Å². The van der Waals surface area contributed by atoms with Crippen LogP contribution in [-0.4, -0.2) is 120 Å². The zero-order chi connectivity index (χ0) is 84.0. The molecule has 17 nitrogen and oxygen atoms in total. The summed E-state index contributed by atoms with van der Waals surface area (Å²) in [5.74, 6) is 0. The molecule has 109 heavy (non-hydrogen) atoms. The Morgan fingerprint density at radius 2 is 0.440 bits per heavy atom. The van der Waals surface area contributed by atoms with Crippen molar-refractivity contribution < 1.29 is 78.7 Å². The lowest BCUT2D eigenvalue weighted by molar-refractivity contribution is -0.929. The van der Waals surface area contributed by atoms with Gasteiger partial charge < -0.3 is 47.4 Å². The van der Waals surface area contributed by atoms with Crippen molar-refractivity contribution in [2.24, 2.45) is 0 Å². The van der Waals surface area contributed by atoms with Crippen molar-refractivity contribution in [2.75, 3.05) is 91.8 Å². The van der Waals surface area contributed by atoms with Gasteiger partial charge in [0, 0.05) is 0 Å². The second-order valence-corrected chi connectivity index (χ2v) is 37.2. The highest BCUT2D eigenvalue weighted by molar-refractivity contribution is 7.60. The second kappa shape index (κ2) is 73.9. The third-order valence-electron chi connectivity index (χ3n) is 19.9. The molecular weight excluding hydrogens is 1450 g/mol. The van der Waals surface area contributed by atoms with E-state index in [2.05, 4.69) is 193 Å². The molecule has 0 heterocycles. The highest BCUT2D eigenvalue weighted by atomic mass is 31.3. The van der Waals surface area contributed by atoms with Crippen molar-refractivity contribution in [3.8, 4) is 0 Å². The molecule has 0 spiro atoms. The average molecular weight is 1630 g/mol. The molecule has 0 aliphatic carbocycles. The lowest BCUT2D eigenvalue weighted by Gasteiger charge is -2.39. The zero-order valence-electron chi connectivity index (χ0n) is 74.9. The van der Waals surface area contributed by atoms with Crippen LogP contribution in [0.4, 0.5) is 0 Å². The maximum absolute atomic E-state index is 11.3. The first-order valence-electron chi connectivity index (χ1n) is 43.5. The molecule has 0 aliphatic heterocycles. The molecule has 3 unspecified atom stereocenters. The Bertz CT molecular complexity index is 2310. The molecule has 0 aromatic heterocycles. The molecule has 0 aromatic rings. The van der Waals surface area contributed by atoms with Gasteiger partial charge >= 0.3 is 15.6 Å². The average Bonchev–Trinajstić information content (AvgIpc) is 0.895. The first kappa shape index (κ1) is 116. The van der Waals surface area contributed by atoms with Crippen LogP contribution in [0, 0.1) is 0 Å². The summed E-state index contributed by atoms with van der Waals surface area (Å²) in [6.45, 7) is 65.1. The molecule has 0 fully saturated rings. The van der Waals surface area contributed by atoms with E-state index in [1.54, 1.807) is 12.2 Å². The standard InChI is InChI=1S/2C20H36O7P2.3C16H36N/c2*1-17(2)9-6-10-18(3)11-7-12-19(4)13-8-14-20(5)15-16-26-29(24,25)27-28(21,22)23;3*1-5-9-13-17(14-10-6-2,15-11-7-3)16-12-8-4/h2*9,11,13,15H,6-8,10,12,14,16H2,1-5H3,(H,24,25)(H2,21,22,23);3*5-16H2,1-4H3/q;;3*+1/p-3/b2*18-11+,19-13+,20-15+;;;. The van der Waals surface area contributed by atoms with Gasteiger partial charge in [-0.05, 0) is 223 Å². The first-order chi connectivity index (χ1) is 51.3. The SMILES string of the molecule is CC(C)=CCC/C(C)=C/CC/C(C)=C/CC/C(C)=C/COP(=O)(O)OP(=O)([O-])O.CC(C)=CCC/C(C)=C/CC/C(C)=C/CC/C(C)=C/COP(=O)(O)OP(=O)([O-])[O-].CCCC[N+](CCCC)(CCCC)CCCC.CCCC[N+](CCCC)(CCCC)CCCC.CCCC[N+](CCCC)(CCCC)CCCC. The molecule has 21 heteroatoms. The molecule has 0 aliphatic rings. The molecule has 0 saturated heterocycles. The summed E-state index contributed by atoms with van der Waals surface area (Å²) in [6, 6.07) is 0. The van der Waals surface area contributed by atoms with E-state index in [1.165, 1.54) is 280 Å². The Hall–Kier alpha value is -1.68. The fourth-order valence-corrected chi connectivity index (χ4v) is 15.7. The van der Waals surface area contributed by atoms with Gasteiger partial charge in [-0.25, -0.2) is 13.4 Å². The molecule has 0 bridgehead atoms. The summed E-state index contributed by atoms with van der Waals surface area (Å²) in [6.07, 6.45) is 61.3. The minimum Gasteiger partial charge on any atom is -0.789 e. The molecular formula is C88H177N3O14P4. The Labute approximate surface area is 674 Å². The molecule has 0 rings (SSSR count). The van der Waals surface area contributed by atoms with Gasteiger partial charge in [-0.1, -0.05) is 253 Å². The molecule has 3 atom stereocenters. The van der Waals surface area contributed by atoms with Crippen molar-refractivity contribution >= 4 is 31.3 Å². The van der Waals surface area contributed by atoms with Crippen LogP contribution in [0.1, 0.15) is 383 Å². The largest absolute Gasteiger partial charge is 0.789 e. The van der Waals surface area contributed by atoms with Crippen LogP contribution >= 0.6 is 31.3 Å². The topological polar surface area (TPSA) is 235 Å². The van der Waals surface area contributed by atoms with Crippen LogP contribution < -0.4 is 14.7 Å². The predicted molar refractivity (Wildman–Crippen MR) is 466 cm³/mol. The Morgan fingerprint density at radius 1 is 0.275 bits per heavy atom. The highest BCUT2D eigenvalue weighted by Crippen LogP contribution is 2.55. The molecule has 0 aromatic carbocycles. The molecule has 0 saturated carbocycles. The lowest BCUT2D eigenvalue weighted by atomic mass is 10.0. The van der Waals surface area contributed by atoms with Crippen molar-refractivity contribution in [1.82, 2.24) is 0 Å². The van der Waals surface area contributed by atoms with E-state index in [-0.39, 0.29) is 13.2 Å². The van der Waals surface area contributed by atoms with Gasteiger partial charge in [0.15, 0.2) is 0 Å². The smallest absolute Gasteiger partial charge is 0.479 e. The number of unbranched alkanes of at least 4 members (excludes halogenated alkanes) is 12. The Morgan fingerprint density at radius 3 is 0.596 bits per heavy atom. The number of hydrogen-bond acceptors (Lipinski definition) is 11. The fraction of sp³-hybridized carbons (Fsp3) is 0.818. The highest BCUT2D eigenvalue weighted by Gasteiger charge is 2.29. The van der Waals surface area contributed by atoms with Crippen LogP contribution in [0.5, 0.6) is 0 Å². The van der Waals surface area contributed by atoms with E-state index in [1.807, 2.05) is 13.8 Å². The van der Waals surface area contributed by atoms with Crippen molar-refractivity contribution in [2.45, 2.75) is 383 Å². The minimum absolute atomic E-state index is 0.293. The van der Waals surface area contributed by atoms with Crippen LogP contribution in [0.3, 0.4) is 0 Å². The monoisotopic (exact) mass is 1620 g/mol. The predicted octanol–water partition coefficient (Wildman–Crippen LogP) is 25.8. The van der Waals surface area contributed by atoms with Gasteiger partial charge in [-0.15, -0.1) is 0 Å². The third-order valence-corrected chi connectivity index (χ3v) is 24.1. The molecule has 648 valence electrons. The second-order valence-electron chi connectivity index (χ2n) is 31.7. The Balaban J connectivity index is -0.000000424. The fourth-order valence-electron chi connectivity index (χ4n) is 12.8. The van der Waals surface area contributed by atoms with E-state index >= 15 is 0 Å². The Kier molecular flexibility index (Phi) is 78.6. The summed E-state index contributed by atoms with van der Waals surface area (Å²) < 4.78 is 63.6. The van der Waals surface area contributed by atoms with Crippen molar-refractivity contribution in [3.05, 3.63) is 93.2 Å². The maximum Gasteiger partial charge on any atom is 0.479 e.